The van der Waals surface area contributed by atoms with E-state index in [0.717, 1.165) is 19.3 Å². The predicted molar refractivity (Wildman–Crippen MR) is 57.4 cm³/mol. The van der Waals surface area contributed by atoms with Crippen molar-refractivity contribution in [2.75, 3.05) is 6.61 Å². The third-order valence-corrected chi connectivity index (χ3v) is 3.06. The molecule has 1 saturated heterocycles. The Bertz CT molecular complexity index is 405. The number of hydrogen-bond acceptors (Lipinski definition) is 3. The number of nitrogens with one attached hydrogen (secondary N) is 1. The molecule has 1 aromatic heterocycles. The molecule has 1 atom stereocenters. The zero-order valence-electron chi connectivity index (χ0n) is 9.54. The highest BCUT2D eigenvalue weighted by Gasteiger charge is 2.34. The minimum Gasteiger partial charge on any atom is -0.476 e. The maximum Gasteiger partial charge on any atom is 0.356 e. The summed E-state index contributed by atoms with van der Waals surface area (Å²) in [4.78, 5) is 18.0. The van der Waals surface area contributed by atoms with E-state index in [2.05, 4.69) is 9.97 Å². The highest BCUT2D eigenvalue weighted by molar-refractivity contribution is 5.86. The summed E-state index contributed by atoms with van der Waals surface area (Å²) in [6, 6.07) is 0. The lowest BCUT2D eigenvalue weighted by molar-refractivity contribution is -0.0756. The highest BCUT2D eigenvalue weighted by atomic mass is 16.5. The number of ether oxygens (including phenoxy) is 1. The lowest BCUT2D eigenvalue weighted by Gasteiger charge is -2.31. The molecule has 1 fully saturated rings. The van der Waals surface area contributed by atoms with Gasteiger partial charge in [0.05, 0.1) is 0 Å². The summed E-state index contributed by atoms with van der Waals surface area (Å²) in [6.45, 7) is 4.38. The quantitative estimate of drug-likeness (QED) is 0.803. The van der Waals surface area contributed by atoms with Crippen LogP contribution in [0, 0.1) is 6.92 Å². The fourth-order valence-corrected chi connectivity index (χ4v) is 2.04. The number of H-pyrrole nitrogens is 1. The van der Waals surface area contributed by atoms with Gasteiger partial charge in [-0.2, -0.15) is 0 Å². The number of aromatic amines is 1. The molecule has 0 radical (unpaired) electrons. The van der Waals surface area contributed by atoms with Crippen molar-refractivity contribution >= 4 is 5.97 Å². The summed E-state index contributed by atoms with van der Waals surface area (Å²) in [7, 11) is 0. The second-order valence-corrected chi connectivity index (χ2v) is 4.40. The Balaban J connectivity index is 2.33. The largest absolute Gasteiger partial charge is 0.476 e. The Morgan fingerprint density at radius 3 is 2.81 bits per heavy atom. The van der Waals surface area contributed by atoms with Gasteiger partial charge in [-0.05, 0) is 33.1 Å². The van der Waals surface area contributed by atoms with E-state index in [1.807, 2.05) is 6.92 Å². The van der Waals surface area contributed by atoms with E-state index in [1.54, 1.807) is 6.92 Å². The fourth-order valence-electron chi connectivity index (χ4n) is 2.04. The minimum absolute atomic E-state index is 0.0883. The number of nitrogens with zero attached hydrogens (tertiary/aromatic N) is 1. The first-order chi connectivity index (χ1) is 7.53. The molecular weight excluding hydrogens is 208 g/mol. The molecule has 88 valence electrons. The fraction of sp³-hybridized carbons (Fsp3) is 0.636. The molecular formula is C11H16N2O3. The van der Waals surface area contributed by atoms with E-state index in [0.29, 0.717) is 18.1 Å². The average molecular weight is 224 g/mol. The second kappa shape index (κ2) is 3.90. The highest BCUT2D eigenvalue weighted by Crippen LogP contribution is 2.33. The molecule has 2 N–H and O–H groups in total. The van der Waals surface area contributed by atoms with Crippen LogP contribution in [-0.2, 0) is 10.3 Å². The van der Waals surface area contributed by atoms with Gasteiger partial charge in [-0.3, -0.25) is 0 Å². The van der Waals surface area contributed by atoms with Crippen LogP contribution < -0.4 is 0 Å². The van der Waals surface area contributed by atoms with Gasteiger partial charge >= 0.3 is 5.97 Å². The third-order valence-electron chi connectivity index (χ3n) is 3.06. The molecule has 1 aromatic rings. The number of aromatic carboxylic acids is 1. The van der Waals surface area contributed by atoms with Crippen LogP contribution in [0.1, 0.15) is 48.2 Å². The van der Waals surface area contributed by atoms with Gasteiger partial charge in [0, 0.05) is 12.3 Å². The van der Waals surface area contributed by atoms with Gasteiger partial charge in [0.1, 0.15) is 11.4 Å². The van der Waals surface area contributed by atoms with Crippen LogP contribution in [0.3, 0.4) is 0 Å². The number of carboxylic acid groups (broad SMARTS) is 1. The molecule has 1 aliphatic heterocycles. The van der Waals surface area contributed by atoms with Crippen molar-refractivity contribution in [3.8, 4) is 0 Å². The molecule has 0 spiro atoms. The van der Waals surface area contributed by atoms with Gasteiger partial charge in [0.15, 0.2) is 5.69 Å². The molecule has 1 unspecified atom stereocenters. The average Bonchev–Trinajstić information content (AvgIpc) is 2.62. The number of imidazole rings is 1. The van der Waals surface area contributed by atoms with Crippen molar-refractivity contribution in [1.82, 2.24) is 9.97 Å². The zero-order valence-corrected chi connectivity index (χ0v) is 9.54. The summed E-state index contributed by atoms with van der Waals surface area (Å²) < 4.78 is 5.71. The zero-order chi connectivity index (χ0) is 11.8. The molecule has 5 nitrogen and oxygen atoms in total. The molecule has 0 amide bonds. The van der Waals surface area contributed by atoms with Gasteiger partial charge in [-0.25, -0.2) is 9.78 Å². The van der Waals surface area contributed by atoms with Gasteiger partial charge < -0.3 is 14.8 Å². The van der Waals surface area contributed by atoms with Crippen LogP contribution in [0.2, 0.25) is 0 Å². The van der Waals surface area contributed by atoms with E-state index in [-0.39, 0.29) is 5.69 Å². The Morgan fingerprint density at radius 2 is 2.31 bits per heavy atom. The van der Waals surface area contributed by atoms with E-state index < -0.39 is 11.6 Å². The van der Waals surface area contributed by atoms with Crippen LogP contribution in [0.15, 0.2) is 0 Å². The molecule has 0 bridgehead atoms. The van der Waals surface area contributed by atoms with E-state index >= 15 is 0 Å². The number of carboxylic acids is 1. The van der Waals surface area contributed by atoms with Crippen molar-refractivity contribution < 1.29 is 14.6 Å². The first-order valence-electron chi connectivity index (χ1n) is 5.47. The Kier molecular flexibility index (Phi) is 2.71. The SMILES string of the molecule is Cc1[nH]c(C2(C)CCCCO2)nc1C(=O)O. The van der Waals surface area contributed by atoms with Gasteiger partial charge in [-0.1, -0.05) is 0 Å². The number of aryl methyl sites for hydroxylation is 1. The topological polar surface area (TPSA) is 75.2 Å². The number of rotatable bonds is 2. The standard InChI is InChI=1S/C11H16N2O3/c1-7-8(9(14)15)13-10(12-7)11(2)5-3-4-6-16-11/h3-6H2,1-2H3,(H,12,13)(H,14,15). The lowest BCUT2D eigenvalue weighted by Crippen LogP contribution is -2.31. The first-order valence-corrected chi connectivity index (χ1v) is 5.47. The Morgan fingerprint density at radius 1 is 1.56 bits per heavy atom. The van der Waals surface area contributed by atoms with Gasteiger partial charge in [-0.15, -0.1) is 0 Å². The minimum atomic E-state index is -1.00. The van der Waals surface area contributed by atoms with Crippen molar-refractivity contribution in [1.29, 1.82) is 0 Å². The normalized spacial score (nSPS) is 25.6. The Hall–Kier alpha value is -1.36. The van der Waals surface area contributed by atoms with Crippen LogP contribution >= 0.6 is 0 Å². The van der Waals surface area contributed by atoms with Crippen LogP contribution in [-0.4, -0.2) is 27.7 Å². The van der Waals surface area contributed by atoms with E-state index in [1.165, 1.54) is 0 Å². The Labute approximate surface area is 93.8 Å². The van der Waals surface area contributed by atoms with Crippen LogP contribution in [0.4, 0.5) is 0 Å². The second-order valence-electron chi connectivity index (χ2n) is 4.40. The summed E-state index contributed by atoms with van der Waals surface area (Å²) in [5.41, 5.74) is 0.208. The van der Waals surface area contributed by atoms with E-state index in [4.69, 9.17) is 9.84 Å². The molecule has 0 saturated carbocycles. The van der Waals surface area contributed by atoms with Gasteiger partial charge in [0.25, 0.3) is 0 Å². The number of hydrogen-bond donors (Lipinski definition) is 2. The van der Waals surface area contributed by atoms with Gasteiger partial charge in [0.2, 0.25) is 0 Å². The molecule has 16 heavy (non-hydrogen) atoms. The molecule has 2 heterocycles. The number of aromatic nitrogens is 2. The maximum absolute atomic E-state index is 10.9. The van der Waals surface area contributed by atoms with E-state index in [9.17, 15) is 4.79 Å². The third kappa shape index (κ3) is 1.82. The first kappa shape index (κ1) is 11.1. The summed E-state index contributed by atoms with van der Waals surface area (Å²) in [5, 5.41) is 8.94. The molecule has 5 heteroatoms. The van der Waals surface area contributed by atoms with Crippen LogP contribution in [0.5, 0.6) is 0 Å². The van der Waals surface area contributed by atoms with Crippen molar-refractivity contribution in [2.24, 2.45) is 0 Å². The maximum atomic E-state index is 10.9. The summed E-state index contributed by atoms with van der Waals surface area (Å²) >= 11 is 0. The summed E-state index contributed by atoms with van der Waals surface area (Å²) in [6.07, 6.45) is 3.01. The molecule has 0 aromatic carbocycles. The van der Waals surface area contributed by atoms with Crippen molar-refractivity contribution in [3.63, 3.8) is 0 Å². The lowest BCUT2D eigenvalue weighted by atomic mass is 9.95. The van der Waals surface area contributed by atoms with Crippen LogP contribution in [0.25, 0.3) is 0 Å². The van der Waals surface area contributed by atoms with Crippen molar-refractivity contribution in [2.45, 2.75) is 38.7 Å². The number of carbonyl (C=O) groups is 1. The monoisotopic (exact) mass is 224 g/mol. The molecule has 2 rings (SSSR count). The summed E-state index contributed by atoms with van der Waals surface area (Å²) in [5.74, 6) is -0.374. The smallest absolute Gasteiger partial charge is 0.356 e. The molecule has 0 aliphatic carbocycles. The van der Waals surface area contributed by atoms with Crippen molar-refractivity contribution in [3.05, 3.63) is 17.2 Å². The molecule has 1 aliphatic rings. The predicted octanol–water partition coefficient (Wildman–Crippen LogP) is 1.83.